The van der Waals surface area contributed by atoms with E-state index >= 15 is 0 Å². The SMILES string of the molecule is Cc1noc(C)c1S(=O)(=O)Nc1ccc2c(c1)C(=O)N([C@@H](C)CO)C[C@@H](C)[C@@H](CN(C)S(=O)(=O)c1cccs1)O2. The number of thiophene rings is 1. The van der Waals surface area contributed by atoms with Gasteiger partial charge in [-0.15, -0.1) is 11.3 Å². The minimum absolute atomic E-state index is 0.00317. The number of carbonyl (C=O) groups excluding carboxylic acids is 1. The fraction of sp³-hybridized carbons (Fsp3) is 0.440. The first kappa shape index (κ1) is 30.0. The van der Waals surface area contributed by atoms with Crippen molar-refractivity contribution in [2.45, 2.75) is 48.9 Å². The summed E-state index contributed by atoms with van der Waals surface area (Å²) in [6.07, 6.45) is -0.662. The van der Waals surface area contributed by atoms with Crippen molar-refractivity contribution in [1.82, 2.24) is 14.4 Å². The summed E-state index contributed by atoms with van der Waals surface area (Å²) in [6.45, 7) is 6.40. The third-order valence-electron chi connectivity index (χ3n) is 6.75. The second kappa shape index (κ2) is 11.5. The Hall–Kier alpha value is -2.98. The normalized spacial score (nSPS) is 19.1. The molecule has 1 amide bonds. The van der Waals surface area contributed by atoms with Crippen molar-refractivity contribution in [3.05, 3.63) is 52.7 Å². The number of aliphatic hydroxyl groups excluding tert-OH is 1. The number of anilines is 1. The molecule has 3 heterocycles. The Morgan fingerprint density at radius 1 is 1.25 bits per heavy atom. The van der Waals surface area contributed by atoms with Gasteiger partial charge in [-0.25, -0.2) is 16.8 Å². The summed E-state index contributed by atoms with van der Waals surface area (Å²) in [6, 6.07) is 6.92. The maximum atomic E-state index is 13.7. The second-order valence-corrected chi connectivity index (χ2v) is 14.6. The molecule has 2 aromatic heterocycles. The van der Waals surface area contributed by atoms with Crippen LogP contribution in [0.2, 0.25) is 0 Å². The van der Waals surface area contributed by atoms with Gasteiger partial charge < -0.3 is 19.3 Å². The van der Waals surface area contributed by atoms with E-state index in [-0.39, 0.29) is 63.2 Å². The number of aryl methyl sites for hydroxylation is 2. The Balaban J connectivity index is 1.70. The number of ether oxygens (including phenoxy) is 1. The Morgan fingerprint density at radius 2 is 1.98 bits per heavy atom. The molecule has 218 valence electrons. The van der Waals surface area contributed by atoms with Crippen LogP contribution >= 0.6 is 11.3 Å². The molecule has 12 nitrogen and oxygen atoms in total. The van der Waals surface area contributed by atoms with Crippen LogP contribution in [-0.2, 0) is 20.0 Å². The van der Waals surface area contributed by atoms with E-state index in [0.29, 0.717) is 0 Å². The zero-order chi connectivity index (χ0) is 29.4. The number of hydrogen-bond acceptors (Lipinski definition) is 10. The monoisotopic (exact) mass is 612 g/mol. The highest BCUT2D eigenvalue weighted by Gasteiger charge is 2.36. The fourth-order valence-corrected chi connectivity index (χ4v) is 8.25. The number of fused-ring (bicyclic) bond motifs is 1. The number of carbonyl (C=O) groups is 1. The molecule has 1 aromatic carbocycles. The molecular weight excluding hydrogens is 580 g/mol. The average Bonchev–Trinajstić information content (AvgIpc) is 3.56. The van der Waals surface area contributed by atoms with Crippen molar-refractivity contribution < 1.29 is 36.0 Å². The minimum Gasteiger partial charge on any atom is -0.488 e. The third-order valence-corrected chi connectivity index (χ3v) is 11.6. The number of amides is 1. The highest BCUT2D eigenvalue weighted by atomic mass is 32.2. The van der Waals surface area contributed by atoms with Gasteiger partial charge in [-0.2, -0.15) is 4.31 Å². The Labute approximate surface area is 237 Å². The summed E-state index contributed by atoms with van der Waals surface area (Å²) in [5.41, 5.74) is 0.367. The van der Waals surface area contributed by atoms with Gasteiger partial charge in [0, 0.05) is 25.2 Å². The molecule has 0 unspecified atom stereocenters. The van der Waals surface area contributed by atoms with E-state index in [0.717, 1.165) is 11.3 Å². The van der Waals surface area contributed by atoms with E-state index in [1.165, 1.54) is 54.4 Å². The zero-order valence-corrected chi connectivity index (χ0v) is 25.1. The van der Waals surface area contributed by atoms with Gasteiger partial charge in [-0.3, -0.25) is 9.52 Å². The molecule has 1 aliphatic rings. The molecule has 2 N–H and O–H groups in total. The minimum atomic E-state index is -4.08. The van der Waals surface area contributed by atoms with Gasteiger partial charge in [0.25, 0.3) is 26.0 Å². The third kappa shape index (κ3) is 5.88. The smallest absolute Gasteiger partial charge is 0.267 e. The lowest BCUT2D eigenvalue weighted by Crippen LogP contribution is -2.50. The van der Waals surface area contributed by atoms with Crippen LogP contribution in [-0.4, -0.2) is 81.1 Å². The molecule has 3 aromatic rings. The Morgan fingerprint density at radius 3 is 2.58 bits per heavy atom. The van der Waals surface area contributed by atoms with Crippen LogP contribution in [0.15, 0.2) is 49.3 Å². The van der Waals surface area contributed by atoms with Gasteiger partial charge in [-0.05, 0) is 50.4 Å². The first-order valence-electron chi connectivity index (χ1n) is 12.4. The van der Waals surface area contributed by atoms with Crippen LogP contribution < -0.4 is 9.46 Å². The summed E-state index contributed by atoms with van der Waals surface area (Å²) in [5, 5.41) is 15.3. The molecular formula is C25H32N4O8S3. The first-order valence-corrected chi connectivity index (χ1v) is 16.2. The number of aromatic nitrogens is 1. The fourth-order valence-electron chi connectivity index (χ4n) is 4.48. The van der Waals surface area contributed by atoms with Gasteiger partial charge in [0.05, 0.1) is 24.8 Å². The zero-order valence-electron chi connectivity index (χ0n) is 22.7. The molecule has 0 radical (unpaired) electrons. The molecule has 4 rings (SSSR count). The van der Waals surface area contributed by atoms with Crippen LogP contribution in [0, 0.1) is 19.8 Å². The van der Waals surface area contributed by atoms with Crippen molar-refractivity contribution >= 4 is 43.0 Å². The van der Waals surface area contributed by atoms with Gasteiger partial charge in [0.1, 0.15) is 21.8 Å². The summed E-state index contributed by atoms with van der Waals surface area (Å²) in [7, 11) is -6.37. The molecule has 1 aliphatic heterocycles. The topological polar surface area (TPSA) is 159 Å². The summed E-state index contributed by atoms with van der Waals surface area (Å²) in [4.78, 5) is 15.1. The second-order valence-electron chi connectivity index (χ2n) is 9.81. The van der Waals surface area contributed by atoms with Crippen molar-refractivity contribution in [2.75, 3.05) is 31.5 Å². The molecule has 0 saturated carbocycles. The number of benzene rings is 1. The predicted molar refractivity (Wildman–Crippen MR) is 149 cm³/mol. The summed E-state index contributed by atoms with van der Waals surface area (Å²) < 4.78 is 67.4. The molecule has 3 atom stereocenters. The lowest BCUT2D eigenvalue weighted by atomic mass is 9.99. The van der Waals surface area contributed by atoms with Crippen molar-refractivity contribution in [3.63, 3.8) is 0 Å². The molecule has 15 heteroatoms. The van der Waals surface area contributed by atoms with E-state index in [1.807, 2.05) is 6.92 Å². The van der Waals surface area contributed by atoms with E-state index in [9.17, 15) is 26.7 Å². The van der Waals surface area contributed by atoms with Crippen LogP contribution in [0.5, 0.6) is 5.75 Å². The number of sulfonamides is 2. The molecule has 0 aliphatic carbocycles. The van der Waals surface area contributed by atoms with Gasteiger partial charge in [0.15, 0.2) is 10.7 Å². The van der Waals surface area contributed by atoms with Crippen molar-refractivity contribution in [2.24, 2.45) is 5.92 Å². The number of nitrogens with zero attached hydrogens (tertiary/aromatic N) is 3. The van der Waals surface area contributed by atoms with Gasteiger partial charge in [-0.1, -0.05) is 18.1 Å². The maximum Gasteiger partial charge on any atom is 0.267 e. The molecule has 0 saturated heterocycles. The number of likely N-dealkylation sites (N-methyl/N-ethyl adjacent to an activating group) is 1. The van der Waals surface area contributed by atoms with Crippen LogP contribution in [0.25, 0.3) is 0 Å². The predicted octanol–water partition coefficient (Wildman–Crippen LogP) is 2.69. The lowest BCUT2D eigenvalue weighted by Gasteiger charge is -2.38. The first-order chi connectivity index (χ1) is 18.8. The highest BCUT2D eigenvalue weighted by Crippen LogP contribution is 2.32. The van der Waals surface area contributed by atoms with Gasteiger partial charge >= 0.3 is 0 Å². The number of rotatable bonds is 9. The van der Waals surface area contributed by atoms with Crippen LogP contribution in [0.4, 0.5) is 5.69 Å². The van der Waals surface area contributed by atoms with E-state index in [4.69, 9.17) is 9.26 Å². The Kier molecular flexibility index (Phi) is 8.61. The molecule has 0 spiro atoms. The van der Waals surface area contributed by atoms with Crippen LogP contribution in [0.1, 0.15) is 35.7 Å². The molecule has 0 bridgehead atoms. The van der Waals surface area contributed by atoms with E-state index < -0.39 is 38.1 Å². The number of hydrogen-bond donors (Lipinski definition) is 2. The van der Waals surface area contributed by atoms with E-state index in [1.54, 1.807) is 18.4 Å². The maximum absolute atomic E-state index is 13.7. The number of aliphatic hydroxyl groups is 1. The van der Waals surface area contributed by atoms with Crippen molar-refractivity contribution in [1.29, 1.82) is 0 Å². The van der Waals surface area contributed by atoms with E-state index in [2.05, 4.69) is 9.88 Å². The average molecular weight is 613 g/mol. The summed E-state index contributed by atoms with van der Waals surface area (Å²) in [5.74, 6) is -0.486. The Bertz CT molecular complexity index is 1570. The van der Waals surface area contributed by atoms with Gasteiger partial charge in [0.2, 0.25) is 0 Å². The highest BCUT2D eigenvalue weighted by molar-refractivity contribution is 7.92. The number of nitrogens with one attached hydrogen (secondary N) is 1. The largest absolute Gasteiger partial charge is 0.488 e. The molecule has 0 fully saturated rings. The van der Waals surface area contributed by atoms with Crippen LogP contribution in [0.3, 0.4) is 0 Å². The lowest BCUT2D eigenvalue weighted by molar-refractivity contribution is 0.0387. The standard InChI is InChI=1S/C25H32N4O8S3/c1-15-12-29(16(2)14-30)25(31)20-11-19(27-39(32,33)24-17(3)26-37-18(24)4)8-9-21(20)36-22(15)13-28(5)40(34,35)23-7-6-10-38-23/h6-11,15-16,22,27,30H,12-14H2,1-5H3/t15-,16+,22-/m1/s1. The molecule has 40 heavy (non-hydrogen) atoms. The summed E-state index contributed by atoms with van der Waals surface area (Å²) >= 11 is 1.11. The van der Waals surface area contributed by atoms with Crippen molar-refractivity contribution in [3.8, 4) is 5.75 Å². The quantitative estimate of drug-likeness (QED) is 0.370.